The highest BCUT2D eigenvalue weighted by Gasteiger charge is 2.49. The number of rotatable bonds is 3. The predicted molar refractivity (Wildman–Crippen MR) is 122 cm³/mol. The summed E-state index contributed by atoms with van der Waals surface area (Å²) in [5, 5.41) is 9.68. The first-order valence-electron chi connectivity index (χ1n) is 11.2. The van der Waals surface area contributed by atoms with E-state index in [-0.39, 0.29) is 11.8 Å². The monoisotopic (exact) mass is 426 g/mol. The molecule has 1 fully saturated rings. The zero-order valence-electron chi connectivity index (χ0n) is 18.4. The van der Waals surface area contributed by atoms with Gasteiger partial charge in [0.2, 0.25) is 0 Å². The van der Waals surface area contributed by atoms with Gasteiger partial charge >= 0.3 is 0 Å². The summed E-state index contributed by atoms with van der Waals surface area (Å²) >= 11 is 0. The van der Waals surface area contributed by atoms with Gasteiger partial charge in [0.05, 0.1) is 13.2 Å². The van der Waals surface area contributed by atoms with Crippen LogP contribution in [0.15, 0.2) is 65.8 Å². The van der Waals surface area contributed by atoms with Gasteiger partial charge in [-0.25, -0.2) is 0 Å². The van der Waals surface area contributed by atoms with Crippen molar-refractivity contribution in [1.29, 1.82) is 5.26 Å². The van der Waals surface area contributed by atoms with Crippen LogP contribution in [0.2, 0.25) is 0 Å². The van der Waals surface area contributed by atoms with E-state index >= 15 is 0 Å². The number of aryl methyl sites for hydroxylation is 1. The highest BCUT2D eigenvalue weighted by Crippen LogP contribution is 2.53. The Balaban J connectivity index is 1.39. The maximum atomic E-state index is 13.2. The van der Waals surface area contributed by atoms with Crippen LogP contribution < -0.4 is 9.47 Å². The summed E-state index contributed by atoms with van der Waals surface area (Å²) < 4.78 is 12.1. The molecule has 5 rings (SSSR count). The van der Waals surface area contributed by atoms with E-state index in [1.807, 2.05) is 53.4 Å². The van der Waals surface area contributed by atoms with E-state index in [0.717, 1.165) is 40.2 Å². The van der Waals surface area contributed by atoms with Crippen molar-refractivity contribution in [2.24, 2.45) is 0 Å². The third kappa shape index (κ3) is 3.10. The van der Waals surface area contributed by atoms with Gasteiger partial charge in [-0.2, -0.15) is 5.26 Å². The summed E-state index contributed by atoms with van der Waals surface area (Å²) in [6.07, 6.45) is 6.24. The van der Waals surface area contributed by atoms with Crippen LogP contribution in [0.1, 0.15) is 47.2 Å². The lowest BCUT2D eigenvalue weighted by Crippen LogP contribution is -2.53. The third-order valence-corrected chi connectivity index (χ3v) is 7.03. The second-order valence-electron chi connectivity index (χ2n) is 8.60. The molecule has 162 valence electrons. The smallest absolute Gasteiger partial charge is 0.253 e. The molecule has 1 spiro atoms. The Morgan fingerprint density at radius 2 is 2.00 bits per heavy atom. The number of amides is 1. The minimum atomic E-state index is -0.478. The Labute approximate surface area is 188 Å². The van der Waals surface area contributed by atoms with Crippen molar-refractivity contribution < 1.29 is 14.3 Å². The van der Waals surface area contributed by atoms with Crippen LogP contribution in [0.5, 0.6) is 11.5 Å². The molecule has 0 N–H and O–H groups in total. The molecule has 1 saturated heterocycles. The largest absolute Gasteiger partial charge is 0.496 e. The molecule has 5 heteroatoms. The van der Waals surface area contributed by atoms with Crippen LogP contribution in [0.3, 0.4) is 0 Å². The predicted octanol–water partition coefficient (Wildman–Crippen LogP) is 4.80. The Bertz CT molecular complexity index is 1180. The number of allylic oxidation sites excluding steroid dienone is 3. The maximum absolute atomic E-state index is 13.2. The molecule has 1 aliphatic carbocycles. The lowest BCUT2D eigenvalue weighted by Gasteiger charge is -2.47. The fourth-order valence-electron chi connectivity index (χ4n) is 5.29. The average molecular weight is 427 g/mol. The second kappa shape index (κ2) is 7.87. The molecular formula is C27H26N2O3. The maximum Gasteiger partial charge on any atom is 0.253 e. The summed E-state index contributed by atoms with van der Waals surface area (Å²) in [5.74, 6) is 1.58. The number of hydrogen-bond donors (Lipinski definition) is 0. The second-order valence-corrected chi connectivity index (χ2v) is 8.60. The minimum absolute atomic E-state index is 0.0183. The first-order chi connectivity index (χ1) is 15.6. The highest BCUT2D eigenvalue weighted by atomic mass is 16.5. The number of likely N-dealkylation sites (tertiary alicyclic amines) is 1. The van der Waals surface area contributed by atoms with E-state index in [0.29, 0.717) is 31.5 Å². The normalized spacial score (nSPS) is 20.4. The molecule has 0 aromatic heterocycles. The number of carbonyl (C=O) groups excluding carboxylic acids is 1. The van der Waals surface area contributed by atoms with Crippen LogP contribution in [0, 0.1) is 11.3 Å². The van der Waals surface area contributed by atoms with E-state index in [4.69, 9.17) is 9.47 Å². The van der Waals surface area contributed by atoms with Crippen molar-refractivity contribution in [2.45, 2.75) is 37.7 Å². The van der Waals surface area contributed by atoms with E-state index in [2.05, 4.69) is 19.1 Å². The number of hydrogen-bond acceptors (Lipinski definition) is 4. The van der Waals surface area contributed by atoms with Crippen molar-refractivity contribution in [3.05, 3.63) is 82.5 Å². The molecular weight excluding hydrogens is 400 g/mol. The van der Waals surface area contributed by atoms with Crippen molar-refractivity contribution in [3.8, 4) is 17.6 Å². The van der Waals surface area contributed by atoms with Crippen LogP contribution in [0.25, 0.3) is 0 Å². The molecule has 1 amide bonds. The number of nitriles is 1. The summed E-state index contributed by atoms with van der Waals surface area (Å²) in [4.78, 5) is 15.1. The number of para-hydroxylation sites is 1. The lowest BCUT2D eigenvalue weighted by molar-refractivity contribution is 0.0194. The molecule has 0 saturated carbocycles. The zero-order valence-corrected chi connectivity index (χ0v) is 18.4. The van der Waals surface area contributed by atoms with Gasteiger partial charge in [-0.05, 0) is 41.8 Å². The van der Waals surface area contributed by atoms with E-state index in [1.165, 1.54) is 0 Å². The molecule has 0 bridgehead atoms. The summed E-state index contributed by atoms with van der Waals surface area (Å²) in [7, 11) is 1.64. The van der Waals surface area contributed by atoms with Gasteiger partial charge in [-0.3, -0.25) is 4.79 Å². The summed E-state index contributed by atoms with van der Waals surface area (Å²) in [5.41, 5.74) is 4.23. The van der Waals surface area contributed by atoms with Crippen molar-refractivity contribution in [3.63, 3.8) is 0 Å². The quantitative estimate of drug-likeness (QED) is 0.707. The highest BCUT2D eigenvalue weighted by molar-refractivity contribution is 5.95. The van der Waals surface area contributed by atoms with Gasteiger partial charge in [0.1, 0.15) is 17.1 Å². The fourth-order valence-corrected chi connectivity index (χ4v) is 5.29. The van der Waals surface area contributed by atoms with E-state index in [1.54, 1.807) is 7.11 Å². The van der Waals surface area contributed by atoms with Crippen LogP contribution in [0.4, 0.5) is 0 Å². The van der Waals surface area contributed by atoms with Crippen LogP contribution in [-0.2, 0) is 6.42 Å². The fraction of sp³-hybridized carbons (Fsp3) is 0.333. The molecule has 2 aliphatic heterocycles. The number of nitrogens with zero attached hydrogens (tertiary/aromatic N) is 2. The molecule has 2 aromatic carbocycles. The third-order valence-electron chi connectivity index (χ3n) is 7.03. The molecule has 5 nitrogen and oxygen atoms in total. The van der Waals surface area contributed by atoms with E-state index < -0.39 is 5.60 Å². The SMILES string of the molecule is CCc1ccc(C(=O)N2CCC3(CC2)Oc2ccccc2C2C(C#N)=CC=C23)cc1OC. The van der Waals surface area contributed by atoms with Crippen molar-refractivity contribution in [2.75, 3.05) is 20.2 Å². The summed E-state index contributed by atoms with van der Waals surface area (Å²) in [6.45, 7) is 3.28. The first kappa shape index (κ1) is 20.4. The van der Waals surface area contributed by atoms with Gasteiger partial charge in [-0.15, -0.1) is 0 Å². The number of piperidine rings is 1. The lowest BCUT2D eigenvalue weighted by atomic mass is 9.72. The minimum Gasteiger partial charge on any atom is -0.496 e. The molecule has 2 heterocycles. The van der Waals surface area contributed by atoms with Gasteiger partial charge in [0.25, 0.3) is 5.91 Å². The summed E-state index contributed by atoms with van der Waals surface area (Å²) in [6, 6.07) is 16.1. The average Bonchev–Trinajstić information content (AvgIpc) is 3.29. The van der Waals surface area contributed by atoms with Crippen LogP contribution >= 0.6 is 0 Å². The van der Waals surface area contributed by atoms with Crippen molar-refractivity contribution in [1.82, 2.24) is 4.90 Å². The van der Waals surface area contributed by atoms with Gasteiger partial charge < -0.3 is 14.4 Å². The Hall–Kier alpha value is -3.52. The Kier molecular flexibility index (Phi) is 5.01. The number of fused-ring (bicyclic) bond motifs is 4. The molecule has 3 aliphatic rings. The molecule has 2 aromatic rings. The van der Waals surface area contributed by atoms with Gasteiger partial charge in [0, 0.05) is 48.5 Å². The molecule has 32 heavy (non-hydrogen) atoms. The topological polar surface area (TPSA) is 62.6 Å². The number of benzene rings is 2. The van der Waals surface area contributed by atoms with E-state index in [9.17, 15) is 10.1 Å². The zero-order chi connectivity index (χ0) is 22.3. The number of carbonyl (C=O) groups is 1. The molecule has 0 radical (unpaired) electrons. The number of methoxy groups -OCH3 is 1. The van der Waals surface area contributed by atoms with Crippen molar-refractivity contribution >= 4 is 5.91 Å². The Morgan fingerprint density at radius 1 is 1.22 bits per heavy atom. The molecule has 1 atom stereocenters. The van der Waals surface area contributed by atoms with Gasteiger partial charge in [-0.1, -0.05) is 37.3 Å². The molecule has 1 unspecified atom stereocenters. The van der Waals surface area contributed by atoms with Gasteiger partial charge in [0.15, 0.2) is 0 Å². The Morgan fingerprint density at radius 3 is 2.72 bits per heavy atom. The first-order valence-corrected chi connectivity index (χ1v) is 11.2. The number of ether oxygens (including phenoxy) is 2. The standard InChI is InChI=1S/C27H26N2O3/c1-3-18-8-9-19(16-24(18)31-2)26(30)29-14-12-27(13-15-29)22-11-10-20(17-28)25(22)21-6-4-5-7-23(21)32-27/h4-11,16,25H,3,12-15H2,1-2H3. The van der Waals surface area contributed by atoms with Crippen LogP contribution in [-0.4, -0.2) is 36.6 Å².